The molecule has 0 aromatic heterocycles. The van der Waals surface area contributed by atoms with Crippen LogP contribution in [0.5, 0.6) is 0 Å². The average molecular weight is 589 g/mol. The van der Waals surface area contributed by atoms with Crippen molar-refractivity contribution in [2.75, 3.05) is 26.9 Å². The van der Waals surface area contributed by atoms with E-state index in [1.807, 2.05) is 43.3 Å². The molecule has 0 spiro atoms. The molecule has 0 aliphatic heterocycles. The molecule has 1 aromatic carbocycles. The summed E-state index contributed by atoms with van der Waals surface area (Å²) in [6.07, 6.45) is 9.38. The molecule has 9 nitrogen and oxygen atoms in total. The maximum Gasteiger partial charge on any atom is 0.333 e. The highest BCUT2D eigenvalue weighted by Gasteiger charge is 2.06. The molecule has 0 aliphatic carbocycles. The molecule has 0 unspecified atom stereocenters. The second-order valence-electron chi connectivity index (χ2n) is 8.45. The fourth-order valence-corrected chi connectivity index (χ4v) is 2.33. The van der Waals surface area contributed by atoms with E-state index in [9.17, 15) is 19.2 Å². The van der Waals surface area contributed by atoms with Crippen LogP contribution in [0.3, 0.4) is 0 Å². The monoisotopic (exact) mass is 588 g/mol. The van der Waals surface area contributed by atoms with Crippen molar-refractivity contribution in [3.63, 3.8) is 0 Å². The molecule has 0 radical (unpaired) electrons. The van der Waals surface area contributed by atoms with Crippen molar-refractivity contribution in [2.45, 2.75) is 59.3 Å². The second-order valence-corrected chi connectivity index (χ2v) is 8.45. The van der Waals surface area contributed by atoms with Crippen LogP contribution in [0.15, 0.2) is 85.5 Å². The van der Waals surface area contributed by atoms with Gasteiger partial charge in [-0.25, -0.2) is 19.2 Å². The van der Waals surface area contributed by atoms with Crippen LogP contribution in [0.2, 0.25) is 0 Å². The van der Waals surface area contributed by atoms with Crippen LogP contribution in [-0.4, -0.2) is 61.0 Å². The van der Waals surface area contributed by atoms with E-state index in [0.717, 1.165) is 18.9 Å². The van der Waals surface area contributed by atoms with Crippen LogP contribution in [0.1, 0.15) is 64.9 Å². The summed E-state index contributed by atoms with van der Waals surface area (Å²) < 4.78 is 13.8. The Morgan fingerprint density at radius 1 is 0.857 bits per heavy atom. The van der Waals surface area contributed by atoms with E-state index in [1.54, 1.807) is 6.92 Å². The molecular weight excluding hydrogens is 540 g/mol. The van der Waals surface area contributed by atoms with E-state index in [0.29, 0.717) is 24.2 Å². The van der Waals surface area contributed by atoms with Crippen LogP contribution in [-0.2, 0) is 33.4 Å². The van der Waals surface area contributed by atoms with Gasteiger partial charge in [0.2, 0.25) is 0 Å². The molecule has 0 amide bonds. The molecule has 9 heteroatoms. The molecule has 0 fully saturated rings. The summed E-state index contributed by atoms with van der Waals surface area (Å²) in [6.45, 7) is 19.9. The lowest BCUT2D eigenvalue weighted by Gasteiger charge is -2.04. The van der Waals surface area contributed by atoms with Gasteiger partial charge in [0.25, 0.3) is 0 Å². The number of ether oxygens (including phenoxy) is 3. The molecule has 0 saturated carbocycles. The molecule has 42 heavy (non-hydrogen) atoms. The minimum Gasteiger partial charge on any atom is -0.478 e. The quantitative estimate of drug-likeness (QED) is 0.105. The molecule has 0 bridgehead atoms. The van der Waals surface area contributed by atoms with Crippen molar-refractivity contribution in [3.05, 3.63) is 91.1 Å². The Kier molecular flexibility index (Phi) is 29.9. The number of carboxylic acids is 1. The fraction of sp³-hybridized carbons (Fsp3) is 0.394. The first-order valence-electron chi connectivity index (χ1n) is 13.5. The SMILES string of the molecule is C=C(C)C(=O)OC.C=C(CC)C(=O)OCCCCCC.C=C(CC=CC(=O)O)C(=O)OCCO.C=Cc1ccccc1. The van der Waals surface area contributed by atoms with E-state index < -0.39 is 11.9 Å². The highest BCUT2D eigenvalue weighted by molar-refractivity contribution is 5.88. The number of methoxy groups -OCH3 is 1. The van der Waals surface area contributed by atoms with Gasteiger partial charge in [-0.3, -0.25) is 0 Å². The third-order valence-electron chi connectivity index (χ3n) is 4.75. The Balaban J connectivity index is -0.000000501. The first kappa shape index (κ1) is 42.2. The van der Waals surface area contributed by atoms with Gasteiger partial charge in [0.1, 0.15) is 6.61 Å². The number of rotatable bonds is 15. The summed E-state index contributed by atoms with van der Waals surface area (Å²) in [7, 11) is 1.33. The highest BCUT2D eigenvalue weighted by atomic mass is 16.5. The van der Waals surface area contributed by atoms with Crippen LogP contribution in [0.4, 0.5) is 0 Å². The zero-order chi connectivity index (χ0) is 32.8. The van der Waals surface area contributed by atoms with Crippen LogP contribution in [0.25, 0.3) is 6.08 Å². The Morgan fingerprint density at radius 3 is 1.83 bits per heavy atom. The Hall–Kier alpha value is -4.24. The zero-order valence-electron chi connectivity index (χ0n) is 25.6. The van der Waals surface area contributed by atoms with E-state index >= 15 is 0 Å². The van der Waals surface area contributed by atoms with Gasteiger partial charge in [-0.1, -0.05) is 102 Å². The number of hydrogen-bond acceptors (Lipinski definition) is 8. The fourth-order valence-electron chi connectivity index (χ4n) is 2.33. The smallest absolute Gasteiger partial charge is 0.333 e. The van der Waals surface area contributed by atoms with Gasteiger partial charge in [-0.05, 0) is 31.7 Å². The Morgan fingerprint density at radius 2 is 1.43 bits per heavy atom. The summed E-state index contributed by atoms with van der Waals surface area (Å²) in [4.78, 5) is 42.3. The number of carbonyl (C=O) groups is 4. The highest BCUT2D eigenvalue weighted by Crippen LogP contribution is 2.03. The summed E-state index contributed by atoms with van der Waals surface area (Å²) in [5.41, 5.74) is 2.32. The Labute approximate surface area is 250 Å². The lowest BCUT2D eigenvalue weighted by molar-refractivity contribution is -0.140. The van der Waals surface area contributed by atoms with Crippen molar-refractivity contribution in [1.82, 2.24) is 0 Å². The first-order chi connectivity index (χ1) is 19.9. The van der Waals surface area contributed by atoms with Crippen LogP contribution < -0.4 is 0 Å². The lowest BCUT2D eigenvalue weighted by Crippen LogP contribution is -2.09. The first-order valence-corrected chi connectivity index (χ1v) is 13.5. The molecule has 234 valence electrons. The van der Waals surface area contributed by atoms with Gasteiger partial charge in [0.05, 0.1) is 20.3 Å². The summed E-state index contributed by atoms with van der Waals surface area (Å²) in [5, 5.41) is 16.6. The Bertz CT molecular complexity index is 992. The van der Waals surface area contributed by atoms with Crippen LogP contribution in [0, 0.1) is 0 Å². The third kappa shape index (κ3) is 28.8. The van der Waals surface area contributed by atoms with Crippen LogP contribution >= 0.6 is 0 Å². The number of benzene rings is 1. The van der Waals surface area contributed by atoms with Gasteiger partial charge in [0, 0.05) is 22.8 Å². The van der Waals surface area contributed by atoms with Crippen molar-refractivity contribution in [3.8, 4) is 0 Å². The third-order valence-corrected chi connectivity index (χ3v) is 4.75. The molecule has 0 saturated heterocycles. The average Bonchev–Trinajstić information content (AvgIpc) is 2.99. The number of esters is 3. The topological polar surface area (TPSA) is 136 Å². The summed E-state index contributed by atoms with van der Waals surface area (Å²) in [6, 6.07) is 10.0. The number of hydrogen-bond donors (Lipinski definition) is 2. The number of aliphatic carboxylic acids is 1. The van der Waals surface area contributed by atoms with Gasteiger partial charge in [-0.15, -0.1) is 0 Å². The van der Waals surface area contributed by atoms with Crippen molar-refractivity contribution >= 4 is 30.0 Å². The van der Waals surface area contributed by atoms with Gasteiger partial charge < -0.3 is 24.4 Å². The second kappa shape index (κ2) is 29.7. The van der Waals surface area contributed by atoms with Crippen molar-refractivity contribution in [1.29, 1.82) is 0 Å². The number of aliphatic hydroxyl groups excluding tert-OH is 1. The molecule has 0 aliphatic rings. The maximum atomic E-state index is 11.1. The van der Waals surface area contributed by atoms with E-state index in [4.69, 9.17) is 14.9 Å². The van der Waals surface area contributed by atoms with Crippen molar-refractivity contribution in [2.24, 2.45) is 0 Å². The maximum absolute atomic E-state index is 11.1. The van der Waals surface area contributed by atoms with E-state index in [1.165, 1.54) is 31.6 Å². The molecule has 1 rings (SSSR count). The molecule has 0 heterocycles. The molecular formula is C33H48O9. The molecule has 2 N–H and O–H groups in total. The molecule has 0 atom stereocenters. The predicted molar refractivity (Wildman–Crippen MR) is 166 cm³/mol. The largest absolute Gasteiger partial charge is 0.478 e. The van der Waals surface area contributed by atoms with Gasteiger partial charge >= 0.3 is 23.9 Å². The number of unbranched alkanes of at least 4 members (excludes halogenated alkanes) is 3. The number of aliphatic hydroxyl groups is 1. The summed E-state index contributed by atoms with van der Waals surface area (Å²) in [5.74, 6) is -2.30. The lowest BCUT2D eigenvalue weighted by atomic mass is 10.2. The van der Waals surface area contributed by atoms with E-state index in [2.05, 4.69) is 42.7 Å². The van der Waals surface area contributed by atoms with Crippen molar-refractivity contribution < 1.29 is 43.6 Å². The number of carboxylic acid groups (broad SMARTS) is 1. The number of allylic oxidation sites excluding steroid dienone is 1. The predicted octanol–water partition coefficient (Wildman–Crippen LogP) is 6.25. The standard InChI is InChI=1S/C11H20O2.C9H12O5.C8H8.C5H8O2/c1-4-6-7-8-9-13-11(12)10(3)5-2;1-7(3-2-4-8(11)12)9(13)14-6-5-10;1-2-8-6-4-3-5-7-8;1-4(2)5(6)7-3/h3-9H2,1-2H3;2,4,10H,1,3,5-6H2,(H,11,12);2-7H,1H2;1H2,2-3H3. The van der Waals surface area contributed by atoms with Gasteiger partial charge in [-0.2, -0.15) is 0 Å². The minimum absolute atomic E-state index is 0.0828. The number of carbonyl (C=O) groups excluding carboxylic acids is 3. The molecule has 1 aromatic rings. The normalized spacial score (nSPS) is 9.26. The van der Waals surface area contributed by atoms with Gasteiger partial charge in [0.15, 0.2) is 0 Å². The minimum atomic E-state index is -1.08. The zero-order valence-corrected chi connectivity index (χ0v) is 25.6. The van der Waals surface area contributed by atoms with E-state index in [-0.39, 0.29) is 37.1 Å². The summed E-state index contributed by atoms with van der Waals surface area (Å²) >= 11 is 0.